The van der Waals surface area contributed by atoms with E-state index in [0.717, 1.165) is 21.2 Å². The summed E-state index contributed by atoms with van der Waals surface area (Å²) in [4.78, 5) is 0. The molecule has 2 aromatic rings. The number of hydrogen-bond donors (Lipinski definition) is 1. The summed E-state index contributed by atoms with van der Waals surface area (Å²) < 4.78 is 1.05. The number of aliphatic hydroxyl groups excluding tert-OH is 1. The quantitative estimate of drug-likeness (QED) is 0.800. The van der Waals surface area contributed by atoms with Crippen LogP contribution in [-0.2, 0) is 12.5 Å². The molecule has 74 valence electrons. The monoisotopic (exact) mass is 246 g/mol. The van der Waals surface area contributed by atoms with E-state index in [4.69, 9.17) is 23.2 Å². The first-order valence-electron chi connectivity index (χ1n) is 4.12. The van der Waals surface area contributed by atoms with Crippen molar-refractivity contribution in [2.75, 3.05) is 0 Å². The van der Waals surface area contributed by atoms with Gasteiger partial charge in [-0.2, -0.15) is 0 Å². The highest BCUT2D eigenvalue weighted by Gasteiger charge is 2.11. The fourth-order valence-electron chi connectivity index (χ4n) is 1.46. The second-order valence-electron chi connectivity index (χ2n) is 2.96. The summed E-state index contributed by atoms with van der Waals surface area (Å²) in [5, 5.41) is 12.9. The Morgan fingerprint density at radius 3 is 2.86 bits per heavy atom. The molecular weight excluding hydrogens is 239 g/mol. The predicted molar refractivity (Wildman–Crippen MR) is 62.3 cm³/mol. The minimum atomic E-state index is -0.0411. The molecule has 0 aliphatic rings. The van der Waals surface area contributed by atoms with Gasteiger partial charge in [0.05, 0.1) is 11.6 Å². The fraction of sp³-hybridized carbons (Fsp3) is 0.200. The Bertz CT molecular complexity index is 464. The molecule has 0 aliphatic heterocycles. The maximum Gasteiger partial charge on any atom is 0.0710 e. The summed E-state index contributed by atoms with van der Waals surface area (Å²) >= 11 is 13.5. The number of rotatable bonds is 2. The molecule has 1 aromatic heterocycles. The molecule has 1 nitrogen and oxygen atoms in total. The van der Waals surface area contributed by atoms with Crippen molar-refractivity contribution in [2.24, 2.45) is 0 Å². The van der Waals surface area contributed by atoms with Crippen molar-refractivity contribution in [3.63, 3.8) is 0 Å². The van der Waals surface area contributed by atoms with Crippen molar-refractivity contribution in [3.05, 3.63) is 33.7 Å². The van der Waals surface area contributed by atoms with Crippen LogP contribution in [0.2, 0.25) is 5.02 Å². The van der Waals surface area contributed by atoms with Crippen LogP contribution in [0.1, 0.15) is 11.1 Å². The summed E-state index contributed by atoms with van der Waals surface area (Å²) in [6.45, 7) is -0.0411. The van der Waals surface area contributed by atoms with E-state index < -0.39 is 0 Å². The van der Waals surface area contributed by atoms with E-state index in [9.17, 15) is 5.11 Å². The minimum Gasteiger partial charge on any atom is -0.392 e. The number of fused-ring (bicyclic) bond motifs is 1. The van der Waals surface area contributed by atoms with Gasteiger partial charge < -0.3 is 5.11 Å². The van der Waals surface area contributed by atoms with Crippen LogP contribution in [0.4, 0.5) is 0 Å². The largest absolute Gasteiger partial charge is 0.392 e. The lowest BCUT2D eigenvalue weighted by molar-refractivity contribution is 0.283. The first-order chi connectivity index (χ1) is 6.77. The normalized spacial score (nSPS) is 11.1. The molecule has 1 aromatic carbocycles. The summed E-state index contributed by atoms with van der Waals surface area (Å²) in [5.41, 5.74) is 1.66. The zero-order valence-corrected chi connectivity index (χ0v) is 9.59. The van der Waals surface area contributed by atoms with E-state index in [-0.39, 0.29) is 6.61 Å². The molecule has 2 rings (SSSR count). The molecule has 14 heavy (non-hydrogen) atoms. The van der Waals surface area contributed by atoms with Crippen LogP contribution in [0.25, 0.3) is 10.1 Å². The van der Waals surface area contributed by atoms with Crippen LogP contribution in [0.5, 0.6) is 0 Å². The third kappa shape index (κ3) is 1.52. The molecule has 0 saturated heterocycles. The molecule has 0 spiro atoms. The van der Waals surface area contributed by atoms with Crippen LogP contribution in [-0.4, -0.2) is 5.11 Å². The summed E-state index contributed by atoms with van der Waals surface area (Å²) in [5.74, 6) is 0.373. The molecule has 0 amide bonds. The highest BCUT2D eigenvalue weighted by Crippen LogP contribution is 2.34. The molecule has 4 heteroatoms. The maximum atomic E-state index is 9.23. The van der Waals surface area contributed by atoms with Gasteiger partial charge in [0.1, 0.15) is 0 Å². The first kappa shape index (κ1) is 10.2. The molecule has 0 radical (unpaired) electrons. The van der Waals surface area contributed by atoms with Crippen LogP contribution < -0.4 is 0 Å². The van der Waals surface area contributed by atoms with Gasteiger partial charge >= 0.3 is 0 Å². The first-order valence-corrected chi connectivity index (χ1v) is 5.91. The fourth-order valence-corrected chi connectivity index (χ4v) is 2.99. The van der Waals surface area contributed by atoms with Gasteiger partial charge in [-0.25, -0.2) is 0 Å². The van der Waals surface area contributed by atoms with E-state index in [1.54, 1.807) is 11.3 Å². The molecule has 0 aliphatic carbocycles. The van der Waals surface area contributed by atoms with E-state index >= 15 is 0 Å². The second-order valence-corrected chi connectivity index (χ2v) is 4.52. The van der Waals surface area contributed by atoms with Gasteiger partial charge in [0, 0.05) is 16.1 Å². The molecule has 0 fully saturated rings. The zero-order valence-electron chi connectivity index (χ0n) is 7.26. The summed E-state index contributed by atoms with van der Waals surface area (Å²) in [6, 6.07) is 3.98. The number of benzene rings is 1. The van der Waals surface area contributed by atoms with Gasteiger partial charge in [-0.15, -0.1) is 22.9 Å². The summed E-state index contributed by atoms with van der Waals surface area (Å²) in [7, 11) is 0. The minimum absolute atomic E-state index is 0.0411. The van der Waals surface area contributed by atoms with E-state index in [2.05, 4.69) is 0 Å². The van der Waals surface area contributed by atoms with Gasteiger partial charge in [-0.3, -0.25) is 0 Å². The number of aliphatic hydroxyl groups is 1. The SMILES string of the molecule is OCc1c(Cl)c(CCl)cc2ccsc12. The number of thiophene rings is 1. The lowest BCUT2D eigenvalue weighted by Gasteiger charge is -2.06. The standard InChI is InChI=1S/C10H8Cl2OS/c11-4-7-3-6-1-2-14-10(6)8(5-13)9(7)12/h1-3,13H,4-5H2. The lowest BCUT2D eigenvalue weighted by Crippen LogP contribution is -1.90. The smallest absolute Gasteiger partial charge is 0.0710 e. The molecule has 1 N–H and O–H groups in total. The third-order valence-corrected chi connectivity index (χ3v) is 3.90. The van der Waals surface area contributed by atoms with Crippen molar-refractivity contribution >= 4 is 44.6 Å². The number of hydrogen-bond acceptors (Lipinski definition) is 2. The van der Waals surface area contributed by atoms with Crippen LogP contribution in [0.15, 0.2) is 17.5 Å². The van der Waals surface area contributed by atoms with Gasteiger partial charge in [-0.1, -0.05) is 11.6 Å². The van der Waals surface area contributed by atoms with Crippen LogP contribution >= 0.6 is 34.5 Å². The average molecular weight is 247 g/mol. The van der Waals surface area contributed by atoms with E-state index in [1.807, 2.05) is 17.5 Å². The Balaban J connectivity index is 2.80. The zero-order chi connectivity index (χ0) is 10.1. The van der Waals surface area contributed by atoms with E-state index in [0.29, 0.717) is 10.9 Å². The summed E-state index contributed by atoms with van der Waals surface area (Å²) in [6.07, 6.45) is 0. The van der Waals surface area contributed by atoms with Crippen LogP contribution in [0, 0.1) is 0 Å². The number of halogens is 2. The van der Waals surface area contributed by atoms with Crippen molar-refractivity contribution in [2.45, 2.75) is 12.5 Å². The van der Waals surface area contributed by atoms with Gasteiger partial charge in [0.15, 0.2) is 0 Å². The molecule has 1 heterocycles. The highest BCUT2D eigenvalue weighted by atomic mass is 35.5. The molecular formula is C10H8Cl2OS. The van der Waals surface area contributed by atoms with Crippen molar-refractivity contribution in [1.82, 2.24) is 0 Å². The Morgan fingerprint density at radius 1 is 1.43 bits per heavy atom. The van der Waals surface area contributed by atoms with E-state index in [1.165, 1.54) is 0 Å². The molecule has 0 unspecified atom stereocenters. The predicted octanol–water partition coefficient (Wildman–Crippen LogP) is 3.79. The lowest BCUT2D eigenvalue weighted by atomic mass is 10.1. The Kier molecular flexibility index (Phi) is 2.98. The molecule has 0 atom stereocenters. The van der Waals surface area contributed by atoms with Crippen LogP contribution in [0.3, 0.4) is 0 Å². The molecule has 0 saturated carbocycles. The number of alkyl halides is 1. The average Bonchev–Trinajstić information content (AvgIpc) is 2.64. The van der Waals surface area contributed by atoms with Crippen molar-refractivity contribution < 1.29 is 5.11 Å². The topological polar surface area (TPSA) is 20.2 Å². The third-order valence-electron chi connectivity index (χ3n) is 2.15. The second kappa shape index (κ2) is 4.07. The Labute approximate surface area is 95.9 Å². The van der Waals surface area contributed by atoms with Gasteiger partial charge in [-0.05, 0) is 28.5 Å². The van der Waals surface area contributed by atoms with Crippen molar-refractivity contribution in [1.29, 1.82) is 0 Å². The molecule has 0 bridgehead atoms. The Hall–Kier alpha value is -0.280. The van der Waals surface area contributed by atoms with Gasteiger partial charge in [0.2, 0.25) is 0 Å². The Morgan fingerprint density at radius 2 is 2.21 bits per heavy atom. The van der Waals surface area contributed by atoms with Crippen molar-refractivity contribution in [3.8, 4) is 0 Å². The maximum absolute atomic E-state index is 9.23. The van der Waals surface area contributed by atoms with Gasteiger partial charge in [0.25, 0.3) is 0 Å². The highest BCUT2D eigenvalue weighted by molar-refractivity contribution is 7.17.